The zero-order valence-corrected chi connectivity index (χ0v) is 7.17. The van der Waals surface area contributed by atoms with Gasteiger partial charge < -0.3 is 20.5 Å². The maximum Gasteiger partial charge on any atom is 0.238 e. The molecule has 14 heavy (non-hydrogen) atoms. The first kappa shape index (κ1) is 8.48. The van der Waals surface area contributed by atoms with Gasteiger partial charge in [0.2, 0.25) is 25.5 Å². The Bertz CT molecular complexity index is 381. The van der Waals surface area contributed by atoms with Crippen LogP contribution in [-0.2, 0) is 13.1 Å². The predicted molar refractivity (Wildman–Crippen MR) is 41.4 cm³/mol. The van der Waals surface area contributed by atoms with Crippen LogP contribution in [0.4, 0.5) is 11.8 Å². The van der Waals surface area contributed by atoms with E-state index in [2.05, 4.69) is 19.6 Å². The molecule has 0 saturated heterocycles. The number of hydrogen-bond acceptors (Lipinski definition) is 4. The van der Waals surface area contributed by atoms with Crippen molar-refractivity contribution in [1.82, 2.24) is 10.5 Å². The van der Waals surface area contributed by atoms with E-state index in [0.717, 1.165) is 0 Å². The summed E-state index contributed by atoms with van der Waals surface area (Å²) in [5, 5.41) is 7.15. The quantitative estimate of drug-likeness (QED) is 0.658. The van der Waals surface area contributed by atoms with Gasteiger partial charge in [-0.05, 0) is 9.36 Å². The second-order valence-electron chi connectivity index (χ2n) is 2.66. The van der Waals surface area contributed by atoms with Crippen LogP contribution >= 0.6 is 0 Å². The van der Waals surface area contributed by atoms with Crippen molar-refractivity contribution in [3.63, 3.8) is 0 Å². The van der Waals surface area contributed by atoms with Crippen LogP contribution in [0.1, 0.15) is 0 Å². The molecule has 0 aromatic carbocycles. The Morgan fingerprint density at radius 2 is 1.43 bits per heavy atom. The summed E-state index contributed by atoms with van der Waals surface area (Å²) < 4.78 is 12.1. The van der Waals surface area contributed by atoms with Crippen molar-refractivity contribution in [1.29, 1.82) is 0 Å². The van der Waals surface area contributed by atoms with Crippen molar-refractivity contribution < 1.29 is 18.4 Å². The van der Waals surface area contributed by atoms with Gasteiger partial charge in [-0.2, -0.15) is 0 Å². The summed E-state index contributed by atoms with van der Waals surface area (Å²) in [5.41, 5.74) is 14.2. The Morgan fingerprint density at radius 1 is 1.00 bits per heavy atom. The van der Waals surface area contributed by atoms with Crippen molar-refractivity contribution in [2.75, 3.05) is 0 Å². The zero-order chi connectivity index (χ0) is 9.97. The number of hydrogen-bond donors (Lipinski definition) is 0. The molecule has 0 aliphatic carbocycles. The van der Waals surface area contributed by atoms with Gasteiger partial charge in [0.15, 0.2) is 10.5 Å². The molecule has 8 heteroatoms. The van der Waals surface area contributed by atoms with Crippen molar-refractivity contribution in [2.24, 2.45) is 0 Å². The lowest BCUT2D eigenvalue weighted by Crippen LogP contribution is -2.45. The second kappa shape index (κ2) is 3.32. The van der Waals surface area contributed by atoms with Crippen LogP contribution < -0.4 is 9.36 Å². The molecule has 74 valence electrons. The fourth-order valence-electron chi connectivity index (χ4n) is 0.973. The van der Waals surface area contributed by atoms with Gasteiger partial charge in [0.1, 0.15) is 11.8 Å². The van der Waals surface area contributed by atoms with Crippen LogP contribution in [0, 0.1) is 0 Å². The fraction of sp³-hybridized carbons (Fsp3) is 0.333. The lowest BCUT2D eigenvalue weighted by atomic mass is 10.6. The van der Waals surface area contributed by atoms with Crippen molar-refractivity contribution in [2.45, 2.75) is 13.1 Å². The summed E-state index contributed by atoms with van der Waals surface area (Å²) in [6.45, 7) is 1.03. The molecule has 0 bridgehead atoms. The highest BCUT2D eigenvalue weighted by Crippen LogP contribution is 2.02. The molecule has 0 unspecified atom stereocenters. The van der Waals surface area contributed by atoms with E-state index in [1.807, 2.05) is 0 Å². The average Bonchev–Trinajstić information content (AvgIpc) is 2.72. The Kier molecular flexibility index (Phi) is 2.01. The molecule has 2 aromatic heterocycles. The minimum absolute atomic E-state index is 0.0105. The molecule has 0 fully saturated rings. The predicted octanol–water partition coefficient (Wildman–Crippen LogP) is 0.305. The zero-order valence-electron chi connectivity index (χ0n) is 7.17. The average molecular weight is 196 g/mol. The fourth-order valence-corrected chi connectivity index (χ4v) is 0.973. The number of nitrogens with one attached hydrogen (secondary N) is 2. The third-order valence-corrected chi connectivity index (χ3v) is 1.58. The summed E-state index contributed by atoms with van der Waals surface area (Å²) in [6, 6.07) is 0. The maximum atomic E-state index is 7.08. The van der Waals surface area contributed by atoms with Crippen LogP contribution in [0.15, 0.2) is 21.4 Å². The van der Waals surface area contributed by atoms with Gasteiger partial charge in [0.05, 0.1) is 0 Å². The highest BCUT2D eigenvalue weighted by atomic mass is 16.5. The molecule has 0 aliphatic heterocycles. The van der Waals surface area contributed by atoms with Crippen molar-refractivity contribution in [3.05, 3.63) is 23.9 Å². The van der Waals surface area contributed by atoms with E-state index in [1.54, 1.807) is 0 Å². The molecular weight excluding hydrogens is 188 g/mol. The van der Waals surface area contributed by atoms with Crippen molar-refractivity contribution >= 4 is 11.8 Å². The molecule has 0 amide bonds. The largest absolute Gasteiger partial charge is 0.660 e. The molecule has 8 nitrogen and oxygen atoms in total. The third-order valence-electron chi connectivity index (χ3n) is 1.58. The van der Waals surface area contributed by atoms with E-state index in [-0.39, 0.29) is 11.8 Å². The first-order chi connectivity index (χ1) is 6.74. The van der Waals surface area contributed by atoms with E-state index in [0.29, 0.717) is 13.1 Å². The SMILES string of the molecule is [NH-]c1c[n+](CC[n+]2cc([NH-])on2)no1. The smallest absolute Gasteiger partial charge is 0.238 e. The Labute approximate surface area is 78.6 Å². The van der Waals surface area contributed by atoms with Crippen molar-refractivity contribution in [3.8, 4) is 0 Å². The Morgan fingerprint density at radius 3 is 1.71 bits per heavy atom. The maximum absolute atomic E-state index is 7.08. The molecule has 0 radical (unpaired) electrons. The van der Waals surface area contributed by atoms with Gasteiger partial charge in [-0.15, -0.1) is 0 Å². The molecule has 2 heterocycles. The lowest BCUT2D eigenvalue weighted by Gasteiger charge is -1.81. The van der Waals surface area contributed by atoms with Crippen LogP contribution in [0.25, 0.3) is 11.5 Å². The summed E-state index contributed by atoms with van der Waals surface area (Å²) in [5.74, 6) is 0.0210. The minimum Gasteiger partial charge on any atom is -0.660 e. The first-order valence-electron chi connectivity index (χ1n) is 3.90. The summed E-state index contributed by atoms with van der Waals surface area (Å²) in [6.07, 6.45) is 2.92. The van der Waals surface area contributed by atoms with Gasteiger partial charge in [0.25, 0.3) is 0 Å². The molecule has 0 aliphatic rings. The Hall–Kier alpha value is -2.12. The molecule has 0 saturated carbocycles. The van der Waals surface area contributed by atoms with Crippen LogP contribution in [-0.4, -0.2) is 10.5 Å². The van der Waals surface area contributed by atoms with E-state index in [9.17, 15) is 0 Å². The van der Waals surface area contributed by atoms with E-state index < -0.39 is 0 Å². The topological polar surface area (TPSA) is 107 Å². The third kappa shape index (κ3) is 1.79. The number of aryl methyl sites for hydroxylation is 2. The van der Waals surface area contributed by atoms with Gasteiger partial charge >= 0.3 is 0 Å². The number of rotatable bonds is 3. The minimum atomic E-state index is 0.0105. The van der Waals surface area contributed by atoms with Gasteiger partial charge in [0, 0.05) is 0 Å². The van der Waals surface area contributed by atoms with Crippen LogP contribution in [0.3, 0.4) is 0 Å². The summed E-state index contributed by atoms with van der Waals surface area (Å²) in [4.78, 5) is 0. The van der Waals surface area contributed by atoms with Gasteiger partial charge in [-0.1, -0.05) is 0 Å². The molecule has 2 N–H and O–H groups in total. The number of aromatic nitrogens is 4. The standard InChI is InChI=1S/C6H8N6O2/c7-5-3-11(9-13-5)1-2-12-4-6(8)14-10-12/h3-4,7-8H,1-2H2. The molecule has 0 spiro atoms. The normalized spacial score (nSPS) is 10.6. The highest BCUT2D eigenvalue weighted by Gasteiger charge is 2.12. The van der Waals surface area contributed by atoms with Crippen LogP contribution in [0.2, 0.25) is 0 Å². The molecule has 2 rings (SSSR count). The van der Waals surface area contributed by atoms with Crippen LogP contribution in [0.5, 0.6) is 0 Å². The Balaban J connectivity index is 1.94. The molecule has 2 aromatic rings. The first-order valence-corrected chi connectivity index (χ1v) is 3.90. The van der Waals surface area contributed by atoms with E-state index >= 15 is 0 Å². The second-order valence-corrected chi connectivity index (χ2v) is 2.66. The molecule has 0 atom stereocenters. The monoisotopic (exact) mass is 196 g/mol. The molecular formula is C6H8N6O2. The number of nitrogens with zero attached hydrogens (tertiary/aromatic N) is 4. The lowest BCUT2D eigenvalue weighted by molar-refractivity contribution is -0.837. The van der Waals surface area contributed by atoms with Gasteiger partial charge in [-0.3, -0.25) is 0 Å². The summed E-state index contributed by atoms with van der Waals surface area (Å²) >= 11 is 0. The van der Waals surface area contributed by atoms with E-state index in [4.69, 9.17) is 11.5 Å². The summed E-state index contributed by atoms with van der Waals surface area (Å²) in [7, 11) is 0. The van der Waals surface area contributed by atoms with E-state index in [1.165, 1.54) is 21.8 Å². The van der Waals surface area contributed by atoms with Gasteiger partial charge in [-0.25, -0.2) is 0 Å². The highest BCUT2D eigenvalue weighted by molar-refractivity contribution is 5.19.